The Balaban J connectivity index is 1.43. The van der Waals surface area contributed by atoms with Gasteiger partial charge in [-0.3, -0.25) is 4.68 Å². The van der Waals surface area contributed by atoms with Crippen LogP contribution in [-0.4, -0.2) is 28.9 Å². The van der Waals surface area contributed by atoms with Crippen molar-refractivity contribution in [2.45, 2.75) is 18.9 Å². The summed E-state index contributed by atoms with van der Waals surface area (Å²) < 4.78 is 7.24. The number of furan rings is 1. The van der Waals surface area contributed by atoms with E-state index in [0.717, 1.165) is 18.6 Å². The van der Waals surface area contributed by atoms with Crippen LogP contribution in [0.5, 0.6) is 0 Å². The summed E-state index contributed by atoms with van der Waals surface area (Å²) in [6, 6.07) is 15.5. The molecule has 1 aromatic carbocycles. The van der Waals surface area contributed by atoms with Crippen molar-refractivity contribution in [3.05, 3.63) is 78.5 Å². The number of nitrogens with one attached hydrogen (secondary N) is 2. The van der Waals surface area contributed by atoms with Crippen LogP contribution >= 0.6 is 0 Å². The Hall–Kier alpha value is -3.02. The summed E-state index contributed by atoms with van der Waals surface area (Å²) in [6.45, 7) is 1.04. The molecule has 0 bridgehead atoms. The van der Waals surface area contributed by atoms with Crippen molar-refractivity contribution < 1.29 is 9.21 Å². The van der Waals surface area contributed by atoms with Crippen molar-refractivity contribution in [2.75, 3.05) is 13.1 Å². The zero-order valence-electron chi connectivity index (χ0n) is 14.0. The summed E-state index contributed by atoms with van der Waals surface area (Å²) in [7, 11) is 0. The van der Waals surface area contributed by atoms with E-state index < -0.39 is 0 Å². The molecule has 2 N–H and O–H groups in total. The molecule has 130 valence electrons. The van der Waals surface area contributed by atoms with Crippen LogP contribution in [0, 0.1) is 0 Å². The molecule has 0 fully saturated rings. The molecular weight excluding hydrogens is 316 g/mol. The molecular formula is C19H22N4O2. The fourth-order valence-corrected chi connectivity index (χ4v) is 2.66. The van der Waals surface area contributed by atoms with Gasteiger partial charge >= 0.3 is 6.03 Å². The molecule has 6 heteroatoms. The van der Waals surface area contributed by atoms with Crippen molar-refractivity contribution in [1.29, 1.82) is 0 Å². The standard InChI is InChI=1S/C19H22N4O2/c24-19(20-11-4-9-16-7-2-1-3-8-16)21-15-17(18-10-5-14-25-18)23-13-6-12-22-23/h1-3,5-8,10,12-14,17H,4,9,11,15H2,(H2,20,21,24)/t17-/m0/s1. The minimum atomic E-state index is -0.184. The van der Waals surface area contributed by atoms with Crippen LogP contribution in [0.1, 0.15) is 23.8 Å². The molecule has 3 aromatic rings. The molecule has 0 aliphatic rings. The van der Waals surface area contributed by atoms with Gasteiger partial charge in [-0.15, -0.1) is 0 Å². The van der Waals surface area contributed by atoms with Crippen LogP contribution in [0.2, 0.25) is 0 Å². The van der Waals surface area contributed by atoms with Crippen LogP contribution in [0.4, 0.5) is 4.79 Å². The highest BCUT2D eigenvalue weighted by atomic mass is 16.3. The van der Waals surface area contributed by atoms with Gasteiger partial charge in [0, 0.05) is 25.5 Å². The Morgan fingerprint density at radius 3 is 2.72 bits per heavy atom. The van der Waals surface area contributed by atoms with Gasteiger partial charge in [-0.1, -0.05) is 30.3 Å². The molecule has 1 atom stereocenters. The maximum Gasteiger partial charge on any atom is 0.314 e. The summed E-state index contributed by atoms with van der Waals surface area (Å²) in [5.74, 6) is 0.757. The van der Waals surface area contributed by atoms with E-state index in [1.54, 1.807) is 17.1 Å². The predicted molar refractivity (Wildman–Crippen MR) is 95.2 cm³/mol. The van der Waals surface area contributed by atoms with E-state index >= 15 is 0 Å². The van der Waals surface area contributed by atoms with E-state index in [-0.39, 0.29) is 12.1 Å². The van der Waals surface area contributed by atoms with Gasteiger partial charge in [0.2, 0.25) is 0 Å². The summed E-state index contributed by atoms with van der Waals surface area (Å²) in [4.78, 5) is 12.0. The summed E-state index contributed by atoms with van der Waals surface area (Å²) in [5.41, 5.74) is 1.28. The minimum Gasteiger partial charge on any atom is -0.467 e. The van der Waals surface area contributed by atoms with E-state index in [1.807, 2.05) is 42.6 Å². The van der Waals surface area contributed by atoms with E-state index in [9.17, 15) is 4.79 Å². The van der Waals surface area contributed by atoms with Gasteiger partial charge in [-0.05, 0) is 36.6 Å². The molecule has 2 aromatic heterocycles. The third-order valence-electron chi connectivity index (χ3n) is 3.94. The highest BCUT2D eigenvalue weighted by molar-refractivity contribution is 5.73. The number of amides is 2. The van der Waals surface area contributed by atoms with Gasteiger partial charge in [0.05, 0.1) is 6.26 Å². The predicted octanol–water partition coefficient (Wildman–Crippen LogP) is 3.00. The lowest BCUT2D eigenvalue weighted by molar-refractivity contribution is 0.238. The fraction of sp³-hybridized carbons (Fsp3) is 0.263. The Morgan fingerprint density at radius 2 is 2.00 bits per heavy atom. The van der Waals surface area contributed by atoms with E-state index in [0.29, 0.717) is 13.1 Å². The van der Waals surface area contributed by atoms with Gasteiger partial charge in [-0.25, -0.2) is 4.79 Å². The van der Waals surface area contributed by atoms with Crippen molar-refractivity contribution >= 4 is 6.03 Å². The lowest BCUT2D eigenvalue weighted by atomic mass is 10.1. The van der Waals surface area contributed by atoms with Crippen LogP contribution in [0.25, 0.3) is 0 Å². The van der Waals surface area contributed by atoms with Crippen LogP contribution < -0.4 is 10.6 Å². The molecule has 0 saturated heterocycles. The third kappa shape index (κ3) is 4.97. The quantitative estimate of drug-likeness (QED) is 0.620. The first-order valence-electron chi connectivity index (χ1n) is 8.41. The number of aromatic nitrogens is 2. The molecule has 0 radical (unpaired) electrons. The minimum absolute atomic E-state index is 0.167. The topological polar surface area (TPSA) is 72.1 Å². The number of rotatable bonds is 8. The Kier molecular flexibility index (Phi) is 5.87. The average Bonchev–Trinajstić information content (AvgIpc) is 3.34. The third-order valence-corrected chi connectivity index (χ3v) is 3.94. The van der Waals surface area contributed by atoms with Gasteiger partial charge in [0.1, 0.15) is 11.8 Å². The summed E-state index contributed by atoms with van der Waals surface area (Å²) in [5, 5.41) is 10.0. The number of aryl methyl sites for hydroxylation is 1. The fourth-order valence-electron chi connectivity index (χ4n) is 2.66. The average molecular weight is 338 g/mol. The molecule has 25 heavy (non-hydrogen) atoms. The molecule has 0 spiro atoms. The second kappa shape index (κ2) is 8.73. The SMILES string of the molecule is O=C(NCCCc1ccccc1)NC[C@@H](c1ccco1)n1cccn1. The Morgan fingerprint density at radius 1 is 1.12 bits per heavy atom. The zero-order valence-corrected chi connectivity index (χ0v) is 14.0. The molecule has 0 aliphatic carbocycles. The number of hydrogen-bond donors (Lipinski definition) is 2. The van der Waals surface area contributed by atoms with Gasteiger partial charge in [0.15, 0.2) is 0 Å². The molecule has 3 rings (SSSR count). The molecule has 2 heterocycles. The Bertz CT molecular complexity index is 705. The van der Waals surface area contributed by atoms with Gasteiger partial charge in [0.25, 0.3) is 0 Å². The highest BCUT2D eigenvalue weighted by Crippen LogP contribution is 2.16. The Labute approximate surface area is 146 Å². The lowest BCUT2D eigenvalue weighted by Gasteiger charge is -2.16. The molecule has 2 amide bonds. The number of hydrogen-bond acceptors (Lipinski definition) is 3. The lowest BCUT2D eigenvalue weighted by Crippen LogP contribution is -2.39. The largest absolute Gasteiger partial charge is 0.467 e. The van der Waals surface area contributed by atoms with Crippen LogP contribution in [0.3, 0.4) is 0 Å². The number of benzene rings is 1. The molecule has 0 saturated carbocycles. The second-order valence-electron chi connectivity index (χ2n) is 5.74. The number of urea groups is 1. The monoisotopic (exact) mass is 338 g/mol. The van der Waals surface area contributed by atoms with E-state index in [1.165, 1.54) is 5.56 Å². The van der Waals surface area contributed by atoms with Gasteiger partial charge < -0.3 is 15.1 Å². The van der Waals surface area contributed by atoms with Crippen molar-refractivity contribution in [3.63, 3.8) is 0 Å². The maximum absolute atomic E-state index is 12.0. The van der Waals surface area contributed by atoms with Crippen LogP contribution in [0.15, 0.2) is 71.6 Å². The second-order valence-corrected chi connectivity index (χ2v) is 5.74. The van der Waals surface area contributed by atoms with E-state index in [2.05, 4.69) is 27.9 Å². The number of nitrogens with zero attached hydrogens (tertiary/aromatic N) is 2. The van der Waals surface area contributed by atoms with Crippen molar-refractivity contribution in [2.24, 2.45) is 0 Å². The normalized spacial score (nSPS) is 11.8. The molecule has 6 nitrogen and oxygen atoms in total. The zero-order chi connectivity index (χ0) is 17.3. The molecule has 0 aliphatic heterocycles. The first kappa shape index (κ1) is 16.8. The number of carbonyl (C=O) groups is 1. The molecule has 0 unspecified atom stereocenters. The smallest absolute Gasteiger partial charge is 0.314 e. The number of carbonyl (C=O) groups excluding carboxylic acids is 1. The first-order chi connectivity index (χ1) is 12.3. The summed E-state index contributed by atoms with van der Waals surface area (Å²) >= 11 is 0. The van der Waals surface area contributed by atoms with Crippen molar-refractivity contribution in [3.8, 4) is 0 Å². The summed E-state index contributed by atoms with van der Waals surface area (Å²) in [6.07, 6.45) is 7.03. The van der Waals surface area contributed by atoms with Crippen molar-refractivity contribution in [1.82, 2.24) is 20.4 Å². The maximum atomic E-state index is 12.0. The van der Waals surface area contributed by atoms with E-state index in [4.69, 9.17) is 4.42 Å². The van der Waals surface area contributed by atoms with Gasteiger partial charge in [-0.2, -0.15) is 5.10 Å². The first-order valence-corrected chi connectivity index (χ1v) is 8.41. The van der Waals surface area contributed by atoms with Crippen LogP contribution in [-0.2, 0) is 6.42 Å². The highest BCUT2D eigenvalue weighted by Gasteiger charge is 2.17.